The van der Waals surface area contributed by atoms with E-state index in [1.807, 2.05) is 16.8 Å². The van der Waals surface area contributed by atoms with E-state index in [1.54, 1.807) is 0 Å². The molecule has 0 amide bonds. The Morgan fingerprint density at radius 1 is 1.15 bits per heavy atom. The maximum atomic E-state index is 12.4. The fraction of sp³-hybridized carbons (Fsp3) is 0.435. The molecule has 11 heteroatoms. The number of morpholine rings is 1. The molecule has 5 rings (SSSR count). The van der Waals surface area contributed by atoms with Gasteiger partial charge in [0.1, 0.15) is 17.8 Å². The summed E-state index contributed by atoms with van der Waals surface area (Å²) >= 11 is 0. The van der Waals surface area contributed by atoms with Crippen molar-refractivity contribution in [2.45, 2.75) is 25.4 Å². The zero-order chi connectivity index (χ0) is 23.7. The van der Waals surface area contributed by atoms with Crippen molar-refractivity contribution in [1.29, 1.82) is 0 Å². The van der Waals surface area contributed by atoms with Crippen LogP contribution >= 0.6 is 0 Å². The van der Waals surface area contributed by atoms with E-state index in [-0.39, 0.29) is 6.04 Å². The minimum atomic E-state index is -3.50. The Morgan fingerprint density at radius 2 is 1.91 bits per heavy atom. The van der Waals surface area contributed by atoms with Gasteiger partial charge in [0.25, 0.3) is 0 Å². The molecule has 0 saturated carbocycles. The molecular weight excluding hydrogens is 454 g/mol. The van der Waals surface area contributed by atoms with Crippen molar-refractivity contribution in [2.24, 2.45) is 0 Å². The molecule has 0 spiro atoms. The van der Waals surface area contributed by atoms with Crippen LogP contribution in [0.2, 0.25) is 0 Å². The van der Waals surface area contributed by atoms with Crippen LogP contribution in [0, 0.1) is 0 Å². The molecule has 0 radical (unpaired) electrons. The van der Waals surface area contributed by atoms with Crippen LogP contribution in [0.5, 0.6) is 0 Å². The lowest BCUT2D eigenvalue weighted by Crippen LogP contribution is -2.40. The van der Waals surface area contributed by atoms with E-state index >= 15 is 0 Å². The summed E-state index contributed by atoms with van der Waals surface area (Å²) in [4.78, 5) is 11.0. The number of fused-ring (bicyclic) bond motifs is 1. The van der Waals surface area contributed by atoms with E-state index in [1.165, 1.54) is 16.2 Å². The molecule has 2 N–H and O–H groups in total. The van der Waals surface area contributed by atoms with Crippen molar-refractivity contribution in [3.05, 3.63) is 48.1 Å². The molecule has 1 atom stereocenters. The third-order valence-corrected chi connectivity index (χ3v) is 8.00. The molecule has 2 fully saturated rings. The van der Waals surface area contributed by atoms with Crippen LogP contribution in [0.25, 0.3) is 22.3 Å². The van der Waals surface area contributed by atoms with Gasteiger partial charge in [-0.05, 0) is 18.4 Å². The maximum Gasteiger partial charge on any atom is 0.235 e. The highest BCUT2D eigenvalue weighted by atomic mass is 32.2. The fourth-order valence-electron chi connectivity index (χ4n) is 4.69. The van der Waals surface area contributed by atoms with E-state index < -0.39 is 10.0 Å². The molecule has 3 aromatic rings. The number of nitrogens with two attached hydrogens (primary N) is 1. The Hall–Kier alpha value is -2.86. The number of aromatic nitrogens is 4. The Balaban J connectivity index is 1.47. The lowest BCUT2D eigenvalue weighted by molar-refractivity contribution is 0.0342. The van der Waals surface area contributed by atoms with Gasteiger partial charge in [0, 0.05) is 43.7 Å². The molecule has 0 aliphatic carbocycles. The summed E-state index contributed by atoms with van der Waals surface area (Å²) in [6, 6.07) is 8.14. The number of benzene rings is 1. The van der Waals surface area contributed by atoms with Crippen LogP contribution in [0.3, 0.4) is 0 Å². The molecule has 2 aliphatic rings. The standard InChI is InChI=1S/C23H29N7O3S/c1-2-34(31,32)29-9-3-4-19(15-29)30-23-20(22(24)25-16-26-23)21(27-30)18-7-5-17(6-8-18)14-28-10-12-33-13-11-28/h2,5-8,16,19H,1,3-4,9-15H2,(H2,24,25,26). The number of rotatable bonds is 6. The second-order valence-corrected chi connectivity index (χ2v) is 10.6. The number of nitrogen functional groups attached to an aromatic ring is 1. The van der Waals surface area contributed by atoms with E-state index in [2.05, 4.69) is 33.6 Å². The molecule has 10 nitrogen and oxygen atoms in total. The van der Waals surface area contributed by atoms with Crippen molar-refractivity contribution >= 4 is 26.9 Å². The number of ether oxygens (including phenoxy) is 1. The number of hydrogen-bond acceptors (Lipinski definition) is 8. The van der Waals surface area contributed by atoms with E-state index in [9.17, 15) is 8.42 Å². The van der Waals surface area contributed by atoms with Gasteiger partial charge in [-0.15, -0.1) is 0 Å². The average molecular weight is 484 g/mol. The van der Waals surface area contributed by atoms with Crippen LogP contribution in [0.4, 0.5) is 5.82 Å². The van der Waals surface area contributed by atoms with Crippen LogP contribution < -0.4 is 5.73 Å². The van der Waals surface area contributed by atoms with Gasteiger partial charge >= 0.3 is 0 Å². The fourth-order valence-corrected chi connectivity index (χ4v) is 5.67. The topological polar surface area (TPSA) is 119 Å². The Labute approximate surface area is 199 Å². The van der Waals surface area contributed by atoms with Crippen molar-refractivity contribution in [1.82, 2.24) is 29.0 Å². The third-order valence-electron chi connectivity index (χ3n) is 6.53. The van der Waals surface area contributed by atoms with Gasteiger partial charge in [-0.3, -0.25) is 4.90 Å². The Bertz CT molecular complexity index is 1280. The zero-order valence-electron chi connectivity index (χ0n) is 19.0. The normalized spacial score (nSPS) is 20.5. The van der Waals surface area contributed by atoms with Gasteiger partial charge in [0.2, 0.25) is 10.0 Å². The van der Waals surface area contributed by atoms with E-state index in [0.717, 1.165) is 56.7 Å². The Morgan fingerprint density at radius 3 is 2.65 bits per heavy atom. The van der Waals surface area contributed by atoms with Crippen molar-refractivity contribution in [3.63, 3.8) is 0 Å². The summed E-state index contributed by atoms with van der Waals surface area (Å²) in [6.07, 6.45) is 2.94. The van der Waals surface area contributed by atoms with Crippen molar-refractivity contribution < 1.29 is 13.2 Å². The minimum absolute atomic E-state index is 0.158. The maximum absolute atomic E-state index is 12.4. The van der Waals surface area contributed by atoms with Gasteiger partial charge in [-0.1, -0.05) is 30.8 Å². The van der Waals surface area contributed by atoms with E-state index in [0.29, 0.717) is 35.6 Å². The first-order valence-electron chi connectivity index (χ1n) is 11.5. The van der Waals surface area contributed by atoms with Crippen LogP contribution in [-0.2, 0) is 21.3 Å². The average Bonchev–Trinajstić information content (AvgIpc) is 3.26. The molecule has 2 saturated heterocycles. The van der Waals surface area contributed by atoms with Gasteiger partial charge in [-0.25, -0.2) is 23.1 Å². The summed E-state index contributed by atoms with van der Waals surface area (Å²) < 4.78 is 33.4. The highest BCUT2D eigenvalue weighted by Crippen LogP contribution is 2.34. The second-order valence-electron chi connectivity index (χ2n) is 8.70. The third kappa shape index (κ3) is 4.43. The summed E-state index contributed by atoms with van der Waals surface area (Å²) in [7, 11) is -3.50. The van der Waals surface area contributed by atoms with Gasteiger partial charge in [-0.2, -0.15) is 9.40 Å². The SMILES string of the molecule is C=CS(=O)(=O)N1CCCC(n2nc(-c3ccc(CN4CCOCC4)cc3)c3c(N)ncnc32)C1. The first-order valence-corrected chi connectivity index (χ1v) is 13.0. The zero-order valence-corrected chi connectivity index (χ0v) is 19.8. The molecule has 1 aromatic carbocycles. The highest BCUT2D eigenvalue weighted by molar-refractivity contribution is 7.92. The number of nitrogens with zero attached hydrogens (tertiary/aromatic N) is 6. The van der Waals surface area contributed by atoms with Crippen molar-refractivity contribution in [3.8, 4) is 11.3 Å². The van der Waals surface area contributed by atoms with Gasteiger partial charge in [0.15, 0.2) is 5.65 Å². The predicted molar refractivity (Wildman–Crippen MR) is 130 cm³/mol. The molecule has 0 bridgehead atoms. The van der Waals surface area contributed by atoms with Crippen LogP contribution in [-0.4, -0.2) is 76.8 Å². The highest BCUT2D eigenvalue weighted by Gasteiger charge is 2.30. The quantitative estimate of drug-likeness (QED) is 0.566. The summed E-state index contributed by atoms with van der Waals surface area (Å²) in [6.45, 7) is 8.53. The van der Waals surface area contributed by atoms with Gasteiger partial charge in [0.05, 0.1) is 24.6 Å². The van der Waals surface area contributed by atoms with Crippen LogP contribution in [0.15, 0.2) is 42.6 Å². The largest absolute Gasteiger partial charge is 0.383 e. The molecule has 180 valence electrons. The van der Waals surface area contributed by atoms with Crippen LogP contribution in [0.1, 0.15) is 24.4 Å². The van der Waals surface area contributed by atoms with Gasteiger partial charge < -0.3 is 10.5 Å². The first kappa shape index (κ1) is 22.9. The lowest BCUT2D eigenvalue weighted by atomic mass is 10.1. The number of hydrogen-bond donors (Lipinski definition) is 1. The first-order chi connectivity index (χ1) is 16.5. The monoisotopic (exact) mass is 483 g/mol. The number of sulfonamides is 1. The second kappa shape index (κ2) is 9.41. The van der Waals surface area contributed by atoms with Crippen molar-refractivity contribution in [2.75, 3.05) is 45.1 Å². The van der Waals surface area contributed by atoms with E-state index in [4.69, 9.17) is 15.6 Å². The smallest absolute Gasteiger partial charge is 0.235 e. The molecule has 1 unspecified atom stereocenters. The molecule has 2 aromatic heterocycles. The molecule has 2 aliphatic heterocycles. The molecule has 34 heavy (non-hydrogen) atoms. The molecule has 4 heterocycles. The molecular formula is C23H29N7O3S. The Kier molecular flexibility index (Phi) is 6.34. The number of anilines is 1. The summed E-state index contributed by atoms with van der Waals surface area (Å²) in [5.74, 6) is 0.357. The minimum Gasteiger partial charge on any atom is -0.383 e. The summed E-state index contributed by atoms with van der Waals surface area (Å²) in [5.41, 5.74) is 9.72. The number of piperidine rings is 1. The summed E-state index contributed by atoms with van der Waals surface area (Å²) in [5, 5.41) is 6.58. The predicted octanol–water partition coefficient (Wildman–Crippen LogP) is 2.02. The lowest BCUT2D eigenvalue weighted by Gasteiger charge is -2.31.